The summed E-state index contributed by atoms with van der Waals surface area (Å²) in [7, 11) is 3.65. The highest BCUT2D eigenvalue weighted by atomic mass is 32.1. The van der Waals surface area contributed by atoms with Crippen LogP contribution >= 0.6 is 12.2 Å². The fourth-order valence-corrected chi connectivity index (χ4v) is 4.84. The number of amidine groups is 1. The number of nitrogens with zero attached hydrogens (tertiary/aromatic N) is 7. The molecule has 3 heterocycles. The SMILES string of the molecule is CN1CCC(n2c(N)c(C(=NCc3ccc(-n4cncn4)cc3)Nc3ccc(F)cc3)c(=S)n(C)c2=O)C1. The van der Waals surface area contributed by atoms with Gasteiger partial charge in [0.15, 0.2) is 0 Å². The Morgan fingerprint density at radius 3 is 2.55 bits per heavy atom. The van der Waals surface area contributed by atoms with Crippen LogP contribution < -0.4 is 16.7 Å². The molecule has 1 atom stereocenters. The minimum Gasteiger partial charge on any atom is -0.384 e. The van der Waals surface area contributed by atoms with Gasteiger partial charge in [-0.25, -0.2) is 18.9 Å². The third kappa shape index (κ3) is 5.13. The summed E-state index contributed by atoms with van der Waals surface area (Å²) < 4.78 is 18.6. The van der Waals surface area contributed by atoms with Crippen LogP contribution in [0.15, 0.2) is 71.0 Å². The summed E-state index contributed by atoms with van der Waals surface area (Å²) in [6.07, 6.45) is 3.90. The lowest BCUT2D eigenvalue weighted by Gasteiger charge is -2.22. The molecule has 10 nitrogen and oxygen atoms in total. The Balaban J connectivity index is 1.57. The highest BCUT2D eigenvalue weighted by molar-refractivity contribution is 7.71. The second-order valence-corrected chi connectivity index (χ2v) is 9.67. The van der Waals surface area contributed by atoms with E-state index >= 15 is 0 Å². The van der Waals surface area contributed by atoms with Gasteiger partial charge in [0.2, 0.25) is 0 Å². The Labute approximate surface area is 223 Å². The number of nitrogens with one attached hydrogen (secondary N) is 1. The molecule has 12 heteroatoms. The molecule has 2 aromatic heterocycles. The quantitative estimate of drug-likeness (QED) is 0.223. The van der Waals surface area contributed by atoms with Gasteiger partial charge < -0.3 is 16.0 Å². The molecule has 196 valence electrons. The molecular formula is C26H28FN9OS. The molecule has 3 N–H and O–H groups in total. The van der Waals surface area contributed by atoms with E-state index in [4.69, 9.17) is 22.9 Å². The van der Waals surface area contributed by atoms with Gasteiger partial charge >= 0.3 is 5.69 Å². The number of benzene rings is 2. The molecule has 1 unspecified atom stereocenters. The zero-order valence-corrected chi connectivity index (χ0v) is 21.9. The van der Waals surface area contributed by atoms with Crippen LogP contribution in [0, 0.1) is 10.5 Å². The summed E-state index contributed by atoms with van der Waals surface area (Å²) in [5.74, 6) is 0.304. The number of hydrogen-bond acceptors (Lipinski definition) is 7. The van der Waals surface area contributed by atoms with Crippen LogP contribution in [0.2, 0.25) is 0 Å². The molecule has 1 aliphatic rings. The van der Waals surface area contributed by atoms with E-state index in [0.29, 0.717) is 30.2 Å². The van der Waals surface area contributed by atoms with Gasteiger partial charge in [-0.15, -0.1) is 0 Å². The van der Waals surface area contributed by atoms with Crippen LogP contribution in [-0.2, 0) is 13.6 Å². The summed E-state index contributed by atoms with van der Waals surface area (Å²) in [4.78, 5) is 24.2. The number of rotatable bonds is 6. The maximum Gasteiger partial charge on any atom is 0.330 e. The maximum atomic E-state index is 13.6. The predicted molar refractivity (Wildman–Crippen MR) is 148 cm³/mol. The topological polar surface area (TPSA) is 111 Å². The molecular weight excluding hydrogens is 505 g/mol. The van der Waals surface area contributed by atoms with Gasteiger partial charge in [-0.05, 0) is 62.0 Å². The van der Waals surface area contributed by atoms with Crippen LogP contribution in [-0.4, -0.2) is 54.8 Å². The minimum atomic E-state index is -0.352. The first-order chi connectivity index (χ1) is 18.3. The van der Waals surface area contributed by atoms with Crippen molar-refractivity contribution in [2.24, 2.45) is 12.0 Å². The number of aromatic nitrogens is 5. The number of halogens is 1. The molecule has 1 saturated heterocycles. The van der Waals surface area contributed by atoms with E-state index in [1.54, 1.807) is 34.8 Å². The first kappa shape index (κ1) is 25.5. The maximum absolute atomic E-state index is 13.6. The second kappa shape index (κ2) is 10.7. The Bertz CT molecular complexity index is 1580. The Morgan fingerprint density at radius 1 is 1.18 bits per heavy atom. The first-order valence-corrected chi connectivity index (χ1v) is 12.5. The fraction of sp³-hybridized carbons (Fsp3) is 0.269. The monoisotopic (exact) mass is 533 g/mol. The van der Waals surface area contributed by atoms with Crippen molar-refractivity contribution in [1.82, 2.24) is 28.8 Å². The molecule has 1 fully saturated rings. The van der Waals surface area contributed by atoms with Gasteiger partial charge in [0, 0.05) is 19.3 Å². The van der Waals surface area contributed by atoms with Gasteiger partial charge in [-0.1, -0.05) is 24.4 Å². The number of likely N-dealkylation sites (tertiary alicyclic amines) is 1. The van der Waals surface area contributed by atoms with Crippen molar-refractivity contribution < 1.29 is 4.39 Å². The zero-order chi connectivity index (χ0) is 26.8. The van der Waals surface area contributed by atoms with Gasteiger partial charge in [-0.3, -0.25) is 14.1 Å². The van der Waals surface area contributed by atoms with E-state index in [9.17, 15) is 9.18 Å². The average Bonchev–Trinajstić information content (AvgIpc) is 3.60. The summed E-state index contributed by atoms with van der Waals surface area (Å²) in [5.41, 5.74) is 9.29. The summed E-state index contributed by atoms with van der Waals surface area (Å²) in [5, 5.41) is 7.40. The lowest BCUT2D eigenvalue weighted by atomic mass is 10.2. The van der Waals surface area contributed by atoms with Crippen LogP contribution in [0.4, 0.5) is 15.9 Å². The minimum absolute atomic E-state index is 0.0792. The molecule has 0 saturated carbocycles. The summed E-state index contributed by atoms with van der Waals surface area (Å²) in [6, 6.07) is 13.6. The standard InChI is InChI=1S/C26H28FN9OS/c1-33-12-11-21(14-33)36-23(28)22(25(38)34(2)26(36)37)24(32-19-7-5-18(27)6-8-19)30-13-17-3-9-20(10-4-17)35-16-29-15-31-35/h3-10,15-16,21H,11-14,28H2,1-2H3,(H,30,32). The normalized spacial score (nSPS) is 16.2. The van der Waals surface area contributed by atoms with Crippen molar-refractivity contribution in [1.29, 1.82) is 0 Å². The lowest BCUT2D eigenvalue weighted by Crippen LogP contribution is -2.37. The van der Waals surface area contributed by atoms with E-state index in [2.05, 4.69) is 20.3 Å². The summed E-state index contributed by atoms with van der Waals surface area (Å²) >= 11 is 5.70. The van der Waals surface area contributed by atoms with Crippen LogP contribution in [0.1, 0.15) is 23.6 Å². The first-order valence-electron chi connectivity index (χ1n) is 12.1. The smallest absolute Gasteiger partial charge is 0.330 e. The largest absolute Gasteiger partial charge is 0.384 e. The van der Waals surface area contributed by atoms with E-state index in [1.807, 2.05) is 31.3 Å². The number of anilines is 2. The van der Waals surface area contributed by atoms with Crippen molar-refractivity contribution in [2.75, 3.05) is 31.2 Å². The van der Waals surface area contributed by atoms with Crippen molar-refractivity contribution in [3.05, 3.63) is 93.3 Å². The third-order valence-electron chi connectivity index (χ3n) is 6.64. The second-order valence-electron chi connectivity index (χ2n) is 9.28. The molecule has 1 aliphatic heterocycles. The van der Waals surface area contributed by atoms with Crippen molar-refractivity contribution >= 4 is 29.6 Å². The van der Waals surface area contributed by atoms with Crippen molar-refractivity contribution in [3.63, 3.8) is 0 Å². The van der Waals surface area contributed by atoms with E-state index < -0.39 is 0 Å². The van der Waals surface area contributed by atoms with Gasteiger partial charge in [0.25, 0.3) is 0 Å². The fourth-order valence-electron chi connectivity index (χ4n) is 4.56. The van der Waals surface area contributed by atoms with E-state index in [-0.39, 0.29) is 28.0 Å². The molecule has 0 spiro atoms. The molecule has 5 rings (SSSR count). The molecule has 0 amide bonds. The third-order valence-corrected chi connectivity index (χ3v) is 7.12. The zero-order valence-electron chi connectivity index (χ0n) is 21.1. The van der Waals surface area contributed by atoms with Gasteiger partial charge in [0.05, 0.1) is 23.8 Å². The number of likely N-dealkylation sites (N-methyl/N-ethyl adjacent to an activating group) is 1. The van der Waals surface area contributed by atoms with E-state index in [0.717, 1.165) is 24.2 Å². The van der Waals surface area contributed by atoms with Crippen LogP contribution in [0.25, 0.3) is 5.69 Å². The average molecular weight is 534 g/mol. The molecule has 0 aliphatic carbocycles. The predicted octanol–water partition coefficient (Wildman–Crippen LogP) is 3.15. The molecule has 38 heavy (non-hydrogen) atoms. The highest BCUT2D eigenvalue weighted by Gasteiger charge is 2.27. The molecule has 0 bridgehead atoms. The molecule has 0 radical (unpaired) electrons. The highest BCUT2D eigenvalue weighted by Crippen LogP contribution is 2.25. The van der Waals surface area contributed by atoms with Gasteiger partial charge in [-0.2, -0.15) is 5.10 Å². The van der Waals surface area contributed by atoms with Gasteiger partial charge in [0.1, 0.15) is 34.8 Å². The molecule has 4 aromatic rings. The Morgan fingerprint density at radius 2 is 1.92 bits per heavy atom. The molecule has 2 aromatic carbocycles. The van der Waals surface area contributed by atoms with Crippen LogP contribution in [0.5, 0.6) is 0 Å². The number of nitrogens with two attached hydrogens (primary N) is 1. The Hall–Kier alpha value is -4.16. The summed E-state index contributed by atoms with van der Waals surface area (Å²) in [6.45, 7) is 1.88. The lowest BCUT2D eigenvalue weighted by molar-refractivity contribution is 0.387. The van der Waals surface area contributed by atoms with Crippen molar-refractivity contribution in [2.45, 2.75) is 19.0 Å². The van der Waals surface area contributed by atoms with Crippen LogP contribution in [0.3, 0.4) is 0 Å². The number of aliphatic imine (C=N–C) groups is 1. The number of nitrogen functional groups attached to an aromatic ring is 1. The van der Waals surface area contributed by atoms with E-state index in [1.165, 1.54) is 23.0 Å². The number of hydrogen-bond donors (Lipinski definition) is 2. The van der Waals surface area contributed by atoms with Crippen molar-refractivity contribution in [3.8, 4) is 5.69 Å². The Kier molecular flexibility index (Phi) is 7.16.